The highest BCUT2D eigenvalue weighted by Crippen LogP contribution is 2.24. The third-order valence-corrected chi connectivity index (χ3v) is 2.75. The minimum absolute atomic E-state index is 0.698. The van der Waals surface area contributed by atoms with Crippen LogP contribution in [0.4, 0.5) is 5.82 Å². The Morgan fingerprint density at radius 2 is 2.00 bits per heavy atom. The Labute approximate surface area is 86.9 Å². The Hall–Kier alpha value is -1.42. The Balaban J connectivity index is 2.48. The van der Waals surface area contributed by atoms with Crippen molar-refractivity contribution in [3.8, 4) is 5.69 Å². The number of rotatable bonds is 2. The minimum atomic E-state index is 0.698. The van der Waals surface area contributed by atoms with Gasteiger partial charge in [-0.2, -0.15) is 5.10 Å². The number of hydrogen-bond acceptors (Lipinski definition) is 3. The third-order valence-electron chi connectivity index (χ3n) is 1.99. The van der Waals surface area contributed by atoms with Crippen LogP contribution in [0.3, 0.4) is 0 Å². The van der Waals surface area contributed by atoms with Crippen LogP contribution < -0.4 is 5.73 Å². The average Bonchev–Trinajstić information content (AvgIpc) is 2.61. The van der Waals surface area contributed by atoms with E-state index in [1.54, 1.807) is 22.6 Å². The van der Waals surface area contributed by atoms with Crippen molar-refractivity contribution in [3.63, 3.8) is 0 Å². The third kappa shape index (κ3) is 1.48. The molecule has 1 heterocycles. The first kappa shape index (κ1) is 9.15. The fourth-order valence-electron chi connectivity index (χ4n) is 1.28. The van der Waals surface area contributed by atoms with E-state index in [9.17, 15) is 0 Å². The summed E-state index contributed by atoms with van der Waals surface area (Å²) in [6.45, 7) is 0. The van der Waals surface area contributed by atoms with Crippen LogP contribution in [-0.2, 0) is 0 Å². The molecule has 0 aliphatic rings. The lowest BCUT2D eigenvalue weighted by Gasteiger charge is -2.03. The van der Waals surface area contributed by atoms with E-state index < -0.39 is 0 Å². The Morgan fingerprint density at radius 3 is 2.57 bits per heavy atom. The molecule has 72 valence electrons. The molecule has 0 aliphatic carbocycles. The van der Waals surface area contributed by atoms with Gasteiger partial charge in [0.2, 0.25) is 0 Å². The van der Waals surface area contributed by atoms with Gasteiger partial charge in [0.1, 0.15) is 5.82 Å². The first-order valence-electron chi connectivity index (χ1n) is 4.26. The molecule has 0 aliphatic heterocycles. The second-order valence-electron chi connectivity index (χ2n) is 2.85. The first-order valence-corrected chi connectivity index (χ1v) is 5.48. The average molecular weight is 205 g/mol. The van der Waals surface area contributed by atoms with Gasteiger partial charge in [-0.1, -0.05) is 18.2 Å². The summed E-state index contributed by atoms with van der Waals surface area (Å²) >= 11 is 1.60. The molecule has 14 heavy (non-hydrogen) atoms. The molecule has 3 nitrogen and oxygen atoms in total. The number of nitrogens with zero attached hydrogens (tertiary/aromatic N) is 2. The van der Waals surface area contributed by atoms with E-state index in [1.807, 2.05) is 36.6 Å². The molecule has 4 heteroatoms. The van der Waals surface area contributed by atoms with Crippen LogP contribution in [0.2, 0.25) is 0 Å². The van der Waals surface area contributed by atoms with Gasteiger partial charge in [-0.3, -0.25) is 0 Å². The van der Waals surface area contributed by atoms with Gasteiger partial charge in [-0.05, 0) is 18.4 Å². The van der Waals surface area contributed by atoms with Gasteiger partial charge in [-0.15, -0.1) is 11.8 Å². The second-order valence-corrected chi connectivity index (χ2v) is 3.69. The highest BCUT2D eigenvalue weighted by molar-refractivity contribution is 7.98. The molecule has 0 amide bonds. The van der Waals surface area contributed by atoms with Crippen molar-refractivity contribution in [3.05, 3.63) is 36.5 Å². The molecule has 0 saturated heterocycles. The topological polar surface area (TPSA) is 43.8 Å². The summed E-state index contributed by atoms with van der Waals surface area (Å²) in [5.74, 6) is 0.698. The summed E-state index contributed by atoms with van der Waals surface area (Å²) in [4.78, 5) is 1.01. The molecular formula is C10H11N3S. The SMILES string of the molecule is CSc1cnn(-c2ccccc2)c1N. The lowest BCUT2D eigenvalue weighted by Crippen LogP contribution is -2.01. The van der Waals surface area contributed by atoms with Crippen molar-refractivity contribution in [1.82, 2.24) is 9.78 Å². The number of nitrogens with two attached hydrogens (primary N) is 1. The molecule has 2 rings (SSSR count). The predicted molar refractivity (Wildman–Crippen MR) is 59.8 cm³/mol. The quantitative estimate of drug-likeness (QED) is 0.764. The van der Waals surface area contributed by atoms with Crippen molar-refractivity contribution in [1.29, 1.82) is 0 Å². The van der Waals surface area contributed by atoms with Gasteiger partial charge in [0.15, 0.2) is 0 Å². The zero-order chi connectivity index (χ0) is 9.97. The van der Waals surface area contributed by atoms with Crippen LogP contribution in [0.25, 0.3) is 5.69 Å². The van der Waals surface area contributed by atoms with E-state index in [0.29, 0.717) is 5.82 Å². The van der Waals surface area contributed by atoms with Crippen LogP contribution in [0.15, 0.2) is 41.4 Å². The molecule has 1 aromatic carbocycles. The van der Waals surface area contributed by atoms with E-state index in [4.69, 9.17) is 5.73 Å². The summed E-state index contributed by atoms with van der Waals surface area (Å²) in [5, 5.41) is 4.23. The van der Waals surface area contributed by atoms with E-state index in [2.05, 4.69) is 5.10 Å². The molecule has 0 radical (unpaired) electrons. The summed E-state index contributed by atoms with van der Waals surface area (Å²) in [6.07, 6.45) is 3.77. The Morgan fingerprint density at radius 1 is 1.29 bits per heavy atom. The Kier molecular flexibility index (Phi) is 2.45. The lowest BCUT2D eigenvalue weighted by molar-refractivity contribution is 0.891. The van der Waals surface area contributed by atoms with Crippen molar-refractivity contribution in [2.45, 2.75) is 4.90 Å². The van der Waals surface area contributed by atoms with E-state index in [1.165, 1.54) is 0 Å². The van der Waals surface area contributed by atoms with Crippen LogP contribution in [-0.4, -0.2) is 16.0 Å². The zero-order valence-electron chi connectivity index (χ0n) is 7.84. The molecule has 0 unspecified atom stereocenters. The molecule has 0 bridgehead atoms. The number of thioether (sulfide) groups is 1. The summed E-state index contributed by atoms with van der Waals surface area (Å²) < 4.78 is 1.74. The van der Waals surface area contributed by atoms with Gasteiger partial charge < -0.3 is 5.73 Å². The fourth-order valence-corrected chi connectivity index (χ4v) is 1.72. The highest BCUT2D eigenvalue weighted by atomic mass is 32.2. The van der Waals surface area contributed by atoms with Crippen molar-refractivity contribution >= 4 is 17.6 Å². The maximum absolute atomic E-state index is 5.93. The largest absolute Gasteiger partial charge is 0.383 e. The fraction of sp³-hybridized carbons (Fsp3) is 0.100. The van der Waals surface area contributed by atoms with Gasteiger partial charge in [0, 0.05) is 0 Å². The smallest absolute Gasteiger partial charge is 0.140 e. The van der Waals surface area contributed by atoms with Gasteiger partial charge in [0.25, 0.3) is 0 Å². The standard InChI is InChI=1S/C10H11N3S/c1-14-9-7-12-13(10(9)11)8-5-3-2-4-6-8/h2-7H,11H2,1H3. The van der Waals surface area contributed by atoms with Crippen LogP contribution in [0.1, 0.15) is 0 Å². The maximum atomic E-state index is 5.93. The molecule has 0 atom stereocenters. The number of nitrogen functional groups attached to an aromatic ring is 1. The van der Waals surface area contributed by atoms with Gasteiger partial charge >= 0.3 is 0 Å². The number of hydrogen-bond donors (Lipinski definition) is 1. The van der Waals surface area contributed by atoms with Crippen molar-refractivity contribution in [2.24, 2.45) is 0 Å². The maximum Gasteiger partial charge on any atom is 0.140 e. The van der Waals surface area contributed by atoms with Crippen molar-refractivity contribution in [2.75, 3.05) is 12.0 Å². The van der Waals surface area contributed by atoms with Gasteiger partial charge in [0.05, 0.1) is 16.8 Å². The van der Waals surface area contributed by atoms with Crippen LogP contribution in [0, 0.1) is 0 Å². The van der Waals surface area contributed by atoms with E-state index in [-0.39, 0.29) is 0 Å². The second kappa shape index (κ2) is 3.75. The first-order chi connectivity index (χ1) is 6.83. The molecule has 2 aromatic rings. The number of para-hydroxylation sites is 1. The predicted octanol–water partition coefficient (Wildman–Crippen LogP) is 2.18. The Bertz CT molecular complexity index is 422. The molecular weight excluding hydrogens is 194 g/mol. The highest BCUT2D eigenvalue weighted by Gasteiger charge is 2.06. The summed E-state index contributed by atoms with van der Waals surface area (Å²) in [7, 11) is 0. The number of benzene rings is 1. The van der Waals surface area contributed by atoms with E-state index in [0.717, 1.165) is 10.6 Å². The van der Waals surface area contributed by atoms with Crippen molar-refractivity contribution < 1.29 is 0 Å². The molecule has 1 aromatic heterocycles. The van der Waals surface area contributed by atoms with Crippen LogP contribution in [0.5, 0.6) is 0 Å². The minimum Gasteiger partial charge on any atom is -0.383 e. The molecule has 2 N–H and O–H groups in total. The zero-order valence-corrected chi connectivity index (χ0v) is 8.66. The normalized spacial score (nSPS) is 10.4. The molecule has 0 spiro atoms. The van der Waals surface area contributed by atoms with Gasteiger partial charge in [-0.25, -0.2) is 4.68 Å². The summed E-state index contributed by atoms with van der Waals surface area (Å²) in [6, 6.07) is 9.87. The number of aromatic nitrogens is 2. The van der Waals surface area contributed by atoms with Crippen LogP contribution >= 0.6 is 11.8 Å². The van der Waals surface area contributed by atoms with E-state index >= 15 is 0 Å². The summed E-state index contributed by atoms with van der Waals surface area (Å²) in [5.41, 5.74) is 6.92. The number of anilines is 1. The molecule has 0 fully saturated rings. The monoisotopic (exact) mass is 205 g/mol. The molecule has 0 saturated carbocycles. The lowest BCUT2D eigenvalue weighted by atomic mass is 10.3.